The predicted molar refractivity (Wildman–Crippen MR) is 145 cm³/mol. The second-order valence-electron chi connectivity index (χ2n) is 8.55. The number of likely N-dealkylation sites (N-methyl/N-ethyl adjacent to an activating group) is 1. The van der Waals surface area contributed by atoms with Crippen molar-refractivity contribution in [3.63, 3.8) is 0 Å². The summed E-state index contributed by atoms with van der Waals surface area (Å²) in [5.41, 5.74) is 2.84. The average molecular weight is 573 g/mol. The second-order valence-corrected chi connectivity index (χ2v) is 11.3. The number of sulfonamides is 1. The number of halogens is 1. The topological polar surface area (TPSA) is 86.8 Å². The third kappa shape index (κ3) is 6.33. The van der Waals surface area contributed by atoms with Gasteiger partial charge in [-0.15, -0.1) is 0 Å². The SMILES string of the molecule is CNC(=O)[C@@H](C)N(Cc1cccc(Br)c1)C(=O)CN(c1ccccc1C)S(=O)(=O)c1ccc(C)cc1. The Hall–Kier alpha value is -3.17. The highest BCUT2D eigenvalue weighted by Crippen LogP contribution is 2.27. The molecule has 0 saturated carbocycles. The Labute approximate surface area is 221 Å². The van der Waals surface area contributed by atoms with E-state index < -0.39 is 28.5 Å². The Kier molecular flexibility index (Phi) is 8.92. The van der Waals surface area contributed by atoms with Gasteiger partial charge in [0.15, 0.2) is 0 Å². The van der Waals surface area contributed by atoms with Crippen LogP contribution in [-0.2, 0) is 26.2 Å². The van der Waals surface area contributed by atoms with Crippen LogP contribution in [0.5, 0.6) is 0 Å². The van der Waals surface area contributed by atoms with Gasteiger partial charge in [-0.3, -0.25) is 13.9 Å². The Morgan fingerprint density at radius 2 is 1.64 bits per heavy atom. The van der Waals surface area contributed by atoms with E-state index in [2.05, 4.69) is 21.2 Å². The average Bonchev–Trinajstić information content (AvgIpc) is 2.85. The minimum absolute atomic E-state index is 0.0852. The van der Waals surface area contributed by atoms with E-state index in [4.69, 9.17) is 0 Å². The molecule has 0 aromatic heterocycles. The Balaban J connectivity index is 2.05. The van der Waals surface area contributed by atoms with Crippen molar-refractivity contribution in [2.75, 3.05) is 17.9 Å². The number of aryl methyl sites for hydroxylation is 2. The van der Waals surface area contributed by atoms with E-state index >= 15 is 0 Å². The van der Waals surface area contributed by atoms with Gasteiger partial charge in [0, 0.05) is 18.1 Å². The first-order valence-electron chi connectivity index (χ1n) is 11.4. The summed E-state index contributed by atoms with van der Waals surface area (Å²) in [6, 6.07) is 20.1. The fourth-order valence-corrected chi connectivity index (χ4v) is 5.74. The lowest BCUT2D eigenvalue weighted by atomic mass is 10.1. The van der Waals surface area contributed by atoms with Crippen LogP contribution in [0.1, 0.15) is 23.6 Å². The molecule has 0 fully saturated rings. The molecule has 7 nitrogen and oxygen atoms in total. The second kappa shape index (κ2) is 11.7. The number of carbonyl (C=O) groups is 2. The number of para-hydroxylation sites is 1. The zero-order valence-corrected chi connectivity index (χ0v) is 23.1. The largest absolute Gasteiger partial charge is 0.357 e. The number of nitrogens with zero attached hydrogens (tertiary/aromatic N) is 2. The van der Waals surface area contributed by atoms with Crippen LogP contribution in [0.3, 0.4) is 0 Å². The highest BCUT2D eigenvalue weighted by atomic mass is 79.9. The highest BCUT2D eigenvalue weighted by Gasteiger charge is 2.32. The molecule has 0 aliphatic carbocycles. The van der Waals surface area contributed by atoms with E-state index in [1.54, 1.807) is 44.2 Å². The molecule has 0 saturated heterocycles. The van der Waals surface area contributed by atoms with Gasteiger partial charge < -0.3 is 10.2 Å². The molecule has 0 aliphatic heterocycles. The molecule has 0 spiro atoms. The predicted octanol–water partition coefficient (Wildman–Crippen LogP) is 4.42. The molecule has 1 N–H and O–H groups in total. The molecule has 3 aromatic carbocycles. The summed E-state index contributed by atoms with van der Waals surface area (Å²) in [7, 11) is -2.57. The number of hydrogen-bond donors (Lipinski definition) is 1. The molecule has 0 bridgehead atoms. The summed E-state index contributed by atoms with van der Waals surface area (Å²) in [6.07, 6.45) is 0. The van der Waals surface area contributed by atoms with Gasteiger partial charge in [0.2, 0.25) is 11.8 Å². The first kappa shape index (κ1) is 27.4. The summed E-state index contributed by atoms with van der Waals surface area (Å²) in [5.74, 6) is -0.841. The fourth-order valence-electron chi connectivity index (χ4n) is 3.82. The van der Waals surface area contributed by atoms with E-state index in [1.165, 1.54) is 24.1 Å². The molecule has 3 rings (SSSR count). The van der Waals surface area contributed by atoms with Crippen LogP contribution in [0.4, 0.5) is 5.69 Å². The van der Waals surface area contributed by atoms with E-state index in [-0.39, 0.29) is 17.3 Å². The number of carbonyl (C=O) groups excluding carboxylic acids is 2. The molecule has 190 valence electrons. The molecule has 0 heterocycles. The number of nitrogens with one attached hydrogen (secondary N) is 1. The van der Waals surface area contributed by atoms with Crippen molar-refractivity contribution < 1.29 is 18.0 Å². The van der Waals surface area contributed by atoms with Crippen molar-refractivity contribution in [1.29, 1.82) is 0 Å². The molecule has 0 radical (unpaired) electrons. The van der Waals surface area contributed by atoms with Crippen molar-refractivity contribution in [1.82, 2.24) is 10.2 Å². The first-order chi connectivity index (χ1) is 17.0. The minimum atomic E-state index is -4.08. The van der Waals surface area contributed by atoms with Crippen molar-refractivity contribution >= 4 is 43.5 Å². The van der Waals surface area contributed by atoms with Crippen molar-refractivity contribution in [3.8, 4) is 0 Å². The van der Waals surface area contributed by atoms with Gasteiger partial charge >= 0.3 is 0 Å². The van der Waals surface area contributed by atoms with E-state index in [1.807, 2.05) is 37.3 Å². The van der Waals surface area contributed by atoms with E-state index in [0.29, 0.717) is 11.3 Å². The Morgan fingerprint density at radius 3 is 2.25 bits per heavy atom. The summed E-state index contributed by atoms with van der Waals surface area (Å²) < 4.78 is 29.5. The molecule has 0 aliphatic rings. The zero-order chi connectivity index (χ0) is 26.5. The van der Waals surface area contributed by atoms with Crippen molar-refractivity contribution in [2.24, 2.45) is 0 Å². The van der Waals surface area contributed by atoms with Gasteiger partial charge in [0.25, 0.3) is 10.0 Å². The monoisotopic (exact) mass is 571 g/mol. The maximum atomic E-state index is 13.8. The van der Waals surface area contributed by atoms with Crippen molar-refractivity contribution in [3.05, 3.63) is 94.0 Å². The normalized spacial score (nSPS) is 12.0. The summed E-state index contributed by atoms with van der Waals surface area (Å²) in [5, 5.41) is 2.58. The molecule has 9 heteroatoms. The van der Waals surface area contributed by atoms with Gasteiger partial charge in [-0.05, 0) is 62.2 Å². The number of anilines is 1. The number of hydrogen-bond acceptors (Lipinski definition) is 4. The molecular weight excluding hydrogens is 542 g/mol. The quantitative estimate of drug-likeness (QED) is 0.411. The highest BCUT2D eigenvalue weighted by molar-refractivity contribution is 9.10. The van der Waals surface area contributed by atoms with Crippen LogP contribution in [0.15, 0.2) is 82.2 Å². The van der Waals surface area contributed by atoms with E-state index in [0.717, 1.165) is 19.9 Å². The molecule has 3 aromatic rings. The molecule has 0 unspecified atom stereocenters. The number of amides is 2. The smallest absolute Gasteiger partial charge is 0.264 e. The van der Waals surface area contributed by atoms with Crippen LogP contribution >= 0.6 is 15.9 Å². The lowest BCUT2D eigenvalue weighted by molar-refractivity contribution is -0.139. The minimum Gasteiger partial charge on any atom is -0.357 e. The van der Waals surface area contributed by atoms with Gasteiger partial charge in [0.05, 0.1) is 10.6 Å². The zero-order valence-electron chi connectivity index (χ0n) is 20.7. The molecule has 1 atom stereocenters. The van der Waals surface area contributed by atoms with Crippen LogP contribution < -0.4 is 9.62 Å². The lowest BCUT2D eigenvalue weighted by Gasteiger charge is -2.32. The fraction of sp³-hybridized carbons (Fsp3) is 0.259. The molecule has 36 heavy (non-hydrogen) atoms. The van der Waals surface area contributed by atoms with Crippen LogP contribution in [0, 0.1) is 13.8 Å². The first-order valence-corrected chi connectivity index (χ1v) is 13.7. The van der Waals surface area contributed by atoms with Gasteiger partial charge in [-0.1, -0.05) is 64.0 Å². The number of benzene rings is 3. The van der Waals surface area contributed by atoms with Gasteiger partial charge in [0.1, 0.15) is 12.6 Å². The Morgan fingerprint density at radius 1 is 0.972 bits per heavy atom. The standard InChI is InChI=1S/C27H30BrN3O4S/c1-19-12-14-24(15-13-19)36(34,35)31(25-11-6-5-8-20(25)2)18-26(32)30(21(3)27(33)29-4)17-22-9-7-10-23(28)16-22/h5-16,21H,17-18H2,1-4H3,(H,29,33)/t21-/m1/s1. The summed E-state index contributed by atoms with van der Waals surface area (Å²) in [6.45, 7) is 4.97. The maximum absolute atomic E-state index is 13.8. The Bertz CT molecular complexity index is 1340. The third-order valence-electron chi connectivity index (χ3n) is 5.93. The van der Waals surface area contributed by atoms with Crippen LogP contribution in [0.25, 0.3) is 0 Å². The molecular formula is C27H30BrN3O4S. The lowest BCUT2D eigenvalue weighted by Crippen LogP contribution is -2.50. The number of rotatable bonds is 9. The van der Waals surface area contributed by atoms with Gasteiger partial charge in [-0.2, -0.15) is 0 Å². The maximum Gasteiger partial charge on any atom is 0.264 e. The van der Waals surface area contributed by atoms with Crippen molar-refractivity contribution in [2.45, 2.75) is 38.3 Å². The third-order valence-corrected chi connectivity index (χ3v) is 8.19. The summed E-state index contributed by atoms with van der Waals surface area (Å²) in [4.78, 5) is 27.8. The van der Waals surface area contributed by atoms with Crippen LogP contribution in [-0.4, -0.2) is 44.8 Å². The van der Waals surface area contributed by atoms with Crippen LogP contribution in [0.2, 0.25) is 0 Å². The van der Waals surface area contributed by atoms with Gasteiger partial charge in [-0.25, -0.2) is 8.42 Å². The summed E-state index contributed by atoms with van der Waals surface area (Å²) >= 11 is 3.43. The molecule has 2 amide bonds. The van der Waals surface area contributed by atoms with E-state index in [9.17, 15) is 18.0 Å².